The van der Waals surface area contributed by atoms with Crippen molar-refractivity contribution >= 4 is 11.9 Å². The molecule has 4 nitrogen and oxygen atoms in total. The molecule has 0 saturated carbocycles. The number of hydrogen-bond acceptors (Lipinski definition) is 4. The van der Waals surface area contributed by atoms with Crippen LogP contribution >= 0.6 is 0 Å². The highest BCUT2D eigenvalue weighted by atomic mass is 16.6. The lowest BCUT2D eigenvalue weighted by molar-refractivity contribution is -0.153. The maximum absolute atomic E-state index is 11.1. The van der Waals surface area contributed by atoms with Crippen molar-refractivity contribution in [2.75, 3.05) is 6.54 Å². The van der Waals surface area contributed by atoms with E-state index in [2.05, 4.69) is 16.6 Å². The van der Waals surface area contributed by atoms with Gasteiger partial charge in [-0.05, 0) is 6.42 Å². The molecule has 0 spiro atoms. The Morgan fingerprint density at radius 1 is 1.54 bits per heavy atom. The molecule has 1 saturated heterocycles. The van der Waals surface area contributed by atoms with Crippen LogP contribution in [0.5, 0.6) is 0 Å². The number of carbonyl (C=O) groups excluding carboxylic acids is 2. The van der Waals surface area contributed by atoms with E-state index in [9.17, 15) is 9.59 Å². The summed E-state index contributed by atoms with van der Waals surface area (Å²) in [5, 5.41) is 2.90. The van der Waals surface area contributed by atoms with Gasteiger partial charge in [0.2, 0.25) is 0 Å². The van der Waals surface area contributed by atoms with Gasteiger partial charge in [0.25, 0.3) is 0 Å². The molecule has 72 valence electrons. The molecule has 1 fully saturated rings. The first-order valence-corrected chi connectivity index (χ1v) is 4.30. The molecule has 1 N–H and O–H groups in total. The number of rotatable bonds is 4. The van der Waals surface area contributed by atoms with Crippen molar-refractivity contribution in [3.8, 4) is 0 Å². The highest BCUT2D eigenvalue weighted by Gasteiger charge is 2.42. The zero-order valence-electron chi connectivity index (χ0n) is 7.58. The van der Waals surface area contributed by atoms with E-state index in [1.807, 2.05) is 6.92 Å². The molecule has 0 aliphatic carbocycles. The fourth-order valence-electron chi connectivity index (χ4n) is 1.38. The Kier molecular flexibility index (Phi) is 3.19. The van der Waals surface area contributed by atoms with Crippen molar-refractivity contribution < 1.29 is 14.3 Å². The van der Waals surface area contributed by atoms with Crippen LogP contribution in [-0.4, -0.2) is 24.5 Å². The number of ether oxygens (including phenoxy) is 1. The maximum atomic E-state index is 11.1. The van der Waals surface area contributed by atoms with Crippen LogP contribution in [0.15, 0.2) is 12.7 Å². The normalized spacial score (nSPS) is 27.5. The zero-order chi connectivity index (χ0) is 9.84. The predicted molar refractivity (Wildman–Crippen MR) is 46.9 cm³/mol. The Balaban J connectivity index is 2.63. The summed E-state index contributed by atoms with van der Waals surface area (Å²) in [5.41, 5.74) is 0. The summed E-state index contributed by atoms with van der Waals surface area (Å²) >= 11 is 0. The van der Waals surface area contributed by atoms with Crippen molar-refractivity contribution in [2.24, 2.45) is 5.92 Å². The van der Waals surface area contributed by atoms with Crippen LogP contribution in [0, 0.1) is 5.92 Å². The van der Waals surface area contributed by atoms with Gasteiger partial charge < -0.3 is 10.1 Å². The van der Waals surface area contributed by atoms with Gasteiger partial charge in [-0.2, -0.15) is 0 Å². The lowest BCUT2D eigenvalue weighted by atomic mass is 10.00. The number of cyclic esters (lactones) is 2. The van der Waals surface area contributed by atoms with Crippen LogP contribution in [0.1, 0.15) is 13.3 Å². The van der Waals surface area contributed by atoms with E-state index in [1.54, 1.807) is 6.08 Å². The third kappa shape index (κ3) is 1.95. The monoisotopic (exact) mass is 183 g/mol. The molecule has 4 heteroatoms. The summed E-state index contributed by atoms with van der Waals surface area (Å²) in [6, 6.07) is -0.490. The average Bonchev–Trinajstić information content (AvgIpc) is 2.37. The minimum absolute atomic E-state index is 0.340. The Labute approximate surface area is 76.9 Å². The number of esters is 2. The first-order chi connectivity index (χ1) is 6.20. The molecule has 0 aromatic heterocycles. The Morgan fingerprint density at radius 2 is 2.23 bits per heavy atom. The average molecular weight is 183 g/mol. The molecule has 1 aliphatic rings. The van der Waals surface area contributed by atoms with Gasteiger partial charge >= 0.3 is 11.9 Å². The summed E-state index contributed by atoms with van der Waals surface area (Å²) in [6.45, 7) is 5.87. The molecule has 13 heavy (non-hydrogen) atoms. The van der Waals surface area contributed by atoms with Crippen LogP contribution < -0.4 is 5.32 Å². The van der Waals surface area contributed by atoms with E-state index in [4.69, 9.17) is 0 Å². The molecule has 1 rings (SSSR count). The topological polar surface area (TPSA) is 55.4 Å². The summed E-state index contributed by atoms with van der Waals surface area (Å²) in [4.78, 5) is 22.2. The lowest BCUT2D eigenvalue weighted by Gasteiger charge is -2.11. The van der Waals surface area contributed by atoms with Crippen LogP contribution in [0.25, 0.3) is 0 Å². The van der Waals surface area contributed by atoms with Crippen LogP contribution in [-0.2, 0) is 14.3 Å². The van der Waals surface area contributed by atoms with Gasteiger partial charge in [-0.1, -0.05) is 13.0 Å². The largest absolute Gasteiger partial charge is 0.392 e. The van der Waals surface area contributed by atoms with Crippen molar-refractivity contribution in [2.45, 2.75) is 19.4 Å². The molecule has 0 amide bonds. The van der Waals surface area contributed by atoms with E-state index in [1.165, 1.54) is 0 Å². The first kappa shape index (κ1) is 9.92. The minimum atomic E-state index is -0.490. The van der Waals surface area contributed by atoms with E-state index < -0.39 is 18.0 Å². The lowest BCUT2D eigenvalue weighted by Crippen LogP contribution is -2.38. The summed E-state index contributed by atoms with van der Waals surface area (Å²) < 4.78 is 4.50. The SMILES string of the molecule is C=CCNC1C(=O)OC(=O)C1CC. The molecule has 2 unspecified atom stereocenters. The number of carbonyl (C=O) groups is 2. The molecule has 2 atom stereocenters. The second kappa shape index (κ2) is 4.18. The fourth-order valence-corrected chi connectivity index (χ4v) is 1.38. The van der Waals surface area contributed by atoms with Gasteiger partial charge in [0.1, 0.15) is 6.04 Å². The van der Waals surface area contributed by atoms with Gasteiger partial charge in [-0.3, -0.25) is 4.79 Å². The summed E-state index contributed by atoms with van der Waals surface area (Å²) in [7, 11) is 0. The van der Waals surface area contributed by atoms with Crippen molar-refractivity contribution in [3.63, 3.8) is 0 Å². The highest BCUT2D eigenvalue weighted by molar-refractivity contribution is 5.98. The van der Waals surface area contributed by atoms with E-state index in [-0.39, 0.29) is 5.92 Å². The quantitative estimate of drug-likeness (QED) is 0.385. The van der Waals surface area contributed by atoms with Crippen molar-refractivity contribution in [3.05, 3.63) is 12.7 Å². The molecule has 1 aliphatic heterocycles. The molecular weight excluding hydrogens is 170 g/mol. The van der Waals surface area contributed by atoms with E-state index in [0.717, 1.165) is 0 Å². The van der Waals surface area contributed by atoms with E-state index >= 15 is 0 Å². The Morgan fingerprint density at radius 3 is 2.77 bits per heavy atom. The highest BCUT2D eigenvalue weighted by Crippen LogP contribution is 2.19. The number of nitrogens with one attached hydrogen (secondary N) is 1. The van der Waals surface area contributed by atoms with Crippen molar-refractivity contribution in [1.29, 1.82) is 0 Å². The summed E-state index contributed by atoms with van der Waals surface area (Å²) in [5.74, 6) is -1.24. The molecule has 1 heterocycles. The van der Waals surface area contributed by atoms with Gasteiger partial charge in [-0.25, -0.2) is 4.79 Å². The Hall–Kier alpha value is -1.16. The second-order valence-electron chi connectivity index (χ2n) is 2.93. The number of hydrogen-bond donors (Lipinski definition) is 1. The van der Waals surface area contributed by atoms with Gasteiger partial charge in [-0.15, -0.1) is 6.58 Å². The molecular formula is C9H13NO3. The third-order valence-corrected chi connectivity index (χ3v) is 2.08. The Bertz CT molecular complexity index is 237. The van der Waals surface area contributed by atoms with Gasteiger partial charge in [0.15, 0.2) is 0 Å². The molecule has 0 bridgehead atoms. The molecule has 0 radical (unpaired) electrons. The van der Waals surface area contributed by atoms with Crippen LogP contribution in [0.3, 0.4) is 0 Å². The third-order valence-electron chi connectivity index (χ3n) is 2.08. The summed E-state index contributed by atoms with van der Waals surface area (Å²) in [6.07, 6.45) is 2.25. The molecule has 0 aromatic rings. The zero-order valence-corrected chi connectivity index (χ0v) is 7.58. The molecule has 0 aromatic carbocycles. The standard InChI is InChI=1S/C9H13NO3/c1-3-5-10-7-6(4-2)8(11)13-9(7)12/h3,6-7,10H,1,4-5H2,2H3. The van der Waals surface area contributed by atoms with Crippen LogP contribution in [0.2, 0.25) is 0 Å². The minimum Gasteiger partial charge on any atom is -0.392 e. The van der Waals surface area contributed by atoms with E-state index in [0.29, 0.717) is 13.0 Å². The second-order valence-corrected chi connectivity index (χ2v) is 2.93. The van der Waals surface area contributed by atoms with Gasteiger partial charge in [0, 0.05) is 6.54 Å². The first-order valence-electron chi connectivity index (χ1n) is 4.30. The fraction of sp³-hybridized carbons (Fsp3) is 0.556. The van der Waals surface area contributed by atoms with Gasteiger partial charge in [0.05, 0.1) is 5.92 Å². The predicted octanol–water partition coefficient (Wildman–Crippen LogP) is 0.240. The maximum Gasteiger partial charge on any atom is 0.331 e. The van der Waals surface area contributed by atoms with Crippen LogP contribution in [0.4, 0.5) is 0 Å². The smallest absolute Gasteiger partial charge is 0.331 e. The van der Waals surface area contributed by atoms with Crippen molar-refractivity contribution in [1.82, 2.24) is 5.32 Å².